The molecule has 4 heteroatoms. The van der Waals surface area contributed by atoms with Crippen LogP contribution in [-0.4, -0.2) is 10.8 Å². The van der Waals surface area contributed by atoms with Gasteiger partial charge < -0.3 is 15.0 Å². The molecule has 0 aromatic carbocycles. The van der Waals surface area contributed by atoms with Crippen LogP contribution >= 0.6 is 0 Å². The Morgan fingerprint density at radius 1 is 1.17 bits per heavy atom. The van der Waals surface area contributed by atoms with Crippen LogP contribution in [0.3, 0.4) is 0 Å². The van der Waals surface area contributed by atoms with Gasteiger partial charge in [0.15, 0.2) is 0 Å². The highest BCUT2D eigenvalue weighted by Gasteiger charge is 2.53. The summed E-state index contributed by atoms with van der Waals surface area (Å²) in [6, 6.07) is 0. The van der Waals surface area contributed by atoms with E-state index in [0.717, 1.165) is 23.4 Å². The zero-order valence-corrected chi connectivity index (χ0v) is 10.8. The van der Waals surface area contributed by atoms with Crippen molar-refractivity contribution in [2.75, 3.05) is 5.73 Å². The average Bonchev–Trinajstić information content (AvgIpc) is 2.58. The van der Waals surface area contributed by atoms with Crippen LogP contribution in [0.1, 0.15) is 44.2 Å². The molecule has 18 heavy (non-hydrogen) atoms. The molecule has 0 unspecified atom stereocenters. The van der Waals surface area contributed by atoms with Crippen molar-refractivity contribution in [3.05, 3.63) is 5.69 Å². The van der Waals surface area contributed by atoms with E-state index in [1.165, 1.54) is 38.5 Å². The van der Waals surface area contributed by atoms with Crippen LogP contribution in [0, 0.1) is 24.7 Å². The lowest BCUT2D eigenvalue weighted by atomic mass is 9.54. The van der Waals surface area contributed by atoms with E-state index in [9.17, 15) is 0 Å². The Kier molecular flexibility index (Phi) is 2.04. The van der Waals surface area contributed by atoms with Crippen LogP contribution in [-0.2, 0) is 0 Å². The summed E-state index contributed by atoms with van der Waals surface area (Å²) in [6.07, 6.45) is 7.84. The molecule has 0 amide bonds. The third kappa shape index (κ3) is 1.47. The van der Waals surface area contributed by atoms with Gasteiger partial charge in [0.1, 0.15) is 11.3 Å². The van der Waals surface area contributed by atoms with Crippen molar-refractivity contribution >= 4 is 5.88 Å². The van der Waals surface area contributed by atoms with Gasteiger partial charge in [-0.05, 0) is 63.2 Å². The molecule has 0 spiro atoms. The first-order valence-electron chi connectivity index (χ1n) is 7.04. The molecular formula is C14H20N2O2. The molecule has 1 heterocycles. The average molecular weight is 248 g/mol. The summed E-state index contributed by atoms with van der Waals surface area (Å²) in [5, 5.41) is 3.89. The molecule has 5 rings (SSSR count). The second-order valence-corrected chi connectivity index (χ2v) is 6.66. The number of aromatic nitrogens is 1. The van der Waals surface area contributed by atoms with Crippen molar-refractivity contribution in [1.82, 2.24) is 5.16 Å². The molecule has 4 bridgehead atoms. The largest absolute Gasteiger partial charge is 0.480 e. The van der Waals surface area contributed by atoms with Gasteiger partial charge >= 0.3 is 0 Å². The van der Waals surface area contributed by atoms with Crippen molar-refractivity contribution in [1.29, 1.82) is 0 Å². The minimum absolute atomic E-state index is 0.0270. The highest BCUT2D eigenvalue weighted by molar-refractivity contribution is 5.46. The summed E-state index contributed by atoms with van der Waals surface area (Å²) in [5.74, 6) is 3.65. The third-order valence-electron chi connectivity index (χ3n) is 5.13. The van der Waals surface area contributed by atoms with Crippen molar-refractivity contribution in [3.63, 3.8) is 0 Å². The molecule has 1 aromatic rings. The highest BCUT2D eigenvalue weighted by atomic mass is 16.5. The molecule has 0 atom stereocenters. The predicted octanol–water partition coefficient (Wildman–Crippen LogP) is 2.91. The number of ether oxygens (including phenoxy) is 1. The first kappa shape index (κ1) is 10.7. The van der Waals surface area contributed by atoms with E-state index in [1.807, 2.05) is 6.92 Å². The van der Waals surface area contributed by atoms with Gasteiger partial charge in [0.25, 0.3) is 5.88 Å². The molecule has 4 nitrogen and oxygen atoms in total. The lowest BCUT2D eigenvalue weighted by molar-refractivity contribution is -0.107. The van der Waals surface area contributed by atoms with E-state index < -0.39 is 0 Å². The zero-order valence-electron chi connectivity index (χ0n) is 10.8. The van der Waals surface area contributed by atoms with Crippen molar-refractivity contribution in [2.24, 2.45) is 17.8 Å². The van der Waals surface area contributed by atoms with Crippen LogP contribution in [0.25, 0.3) is 0 Å². The molecule has 4 fully saturated rings. The smallest absolute Gasteiger partial charge is 0.264 e. The maximum absolute atomic E-state index is 6.33. The number of nitrogens with zero attached hydrogens (tertiary/aromatic N) is 1. The zero-order chi connectivity index (χ0) is 12.3. The Morgan fingerprint density at radius 2 is 1.72 bits per heavy atom. The van der Waals surface area contributed by atoms with Crippen LogP contribution < -0.4 is 10.5 Å². The van der Waals surface area contributed by atoms with E-state index in [-0.39, 0.29) is 5.60 Å². The number of nitrogen functional groups attached to an aromatic ring is 1. The van der Waals surface area contributed by atoms with Crippen LogP contribution in [0.2, 0.25) is 0 Å². The fourth-order valence-corrected chi connectivity index (χ4v) is 4.88. The van der Waals surface area contributed by atoms with Crippen LogP contribution in [0.4, 0.5) is 5.88 Å². The van der Waals surface area contributed by atoms with Crippen molar-refractivity contribution < 1.29 is 9.26 Å². The van der Waals surface area contributed by atoms with Gasteiger partial charge in [-0.2, -0.15) is 0 Å². The van der Waals surface area contributed by atoms with Crippen molar-refractivity contribution in [2.45, 2.75) is 51.0 Å². The SMILES string of the molecule is Cc1noc(N)c1OC12CC3CC(CC(C3)C1)C2. The predicted molar refractivity (Wildman–Crippen MR) is 67.2 cm³/mol. The Hall–Kier alpha value is -1.19. The van der Waals surface area contributed by atoms with Gasteiger partial charge in [0.05, 0.1) is 0 Å². The fourth-order valence-electron chi connectivity index (χ4n) is 4.88. The first-order valence-corrected chi connectivity index (χ1v) is 7.04. The van der Waals surface area contributed by atoms with Crippen molar-refractivity contribution in [3.8, 4) is 5.75 Å². The van der Waals surface area contributed by atoms with Gasteiger partial charge in [0, 0.05) is 0 Å². The van der Waals surface area contributed by atoms with Gasteiger partial charge in [0.2, 0.25) is 5.75 Å². The number of aryl methyl sites for hydroxylation is 1. The maximum Gasteiger partial charge on any atom is 0.264 e. The molecular weight excluding hydrogens is 228 g/mol. The van der Waals surface area contributed by atoms with E-state index >= 15 is 0 Å². The topological polar surface area (TPSA) is 61.3 Å². The molecule has 4 aliphatic rings. The first-order chi connectivity index (χ1) is 8.63. The van der Waals surface area contributed by atoms with E-state index in [1.54, 1.807) is 0 Å². The van der Waals surface area contributed by atoms with Gasteiger partial charge in [-0.15, -0.1) is 0 Å². The number of hydrogen-bond acceptors (Lipinski definition) is 4. The van der Waals surface area contributed by atoms with E-state index in [0.29, 0.717) is 11.6 Å². The Labute approximate surface area is 107 Å². The second-order valence-electron chi connectivity index (χ2n) is 6.66. The van der Waals surface area contributed by atoms with Gasteiger partial charge in [-0.1, -0.05) is 5.16 Å². The van der Waals surface area contributed by atoms with E-state index in [4.69, 9.17) is 15.0 Å². The number of anilines is 1. The summed E-state index contributed by atoms with van der Waals surface area (Å²) < 4.78 is 11.3. The second kappa shape index (κ2) is 3.43. The normalized spacial score (nSPS) is 41.3. The molecule has 2 N–H and O–H groups in total. The minimum atomic E-state index is 0.0270. The summed E-state index contributed by atoms with van der Waals surface area (Å²) in [4.78, 5) is 0. The Bertz CT molecular complexity index is 425. The summed E-state index contributed by atoms with van der Waals surface area (Å²) in [6.45, 7) is 1.90. The van der Waals surface area contributed by atoms with Gasteiger partial charge in [-0.25, -0.2) is 0 Å². The molecule has 0 aliphatic heterocycles. The molecule has 1 aromatic heterocycles. The maximum atomic E-state index is 6.33. The highest BCUT2D eigenvalue weighted by Crippen LogP contribution is 2.57. The Balaban J connectivity index is 1.64. The number of rotatable bonds is 2. The standard InChI is InChI=1S/C14H20N2O2/c1-8-12(13(15)18-16-8)17-14-5-9-2-10(6-14)4-11(3-9)7-14/h9-11H,2-7,15H2,1H3. The molecule has 4 saturated carbocycles. The van der Waals surface area contributed by atoms with Gasteiger partial charge in [-0.3, -0.25) is 0 Å². The third-order valence-corrected chi connectivity index (χ3v) is 5.13. The fraction of sp³-hybridized carbons (Fsp3) is 0.786. The molecule has 4 aliphatic carbocycles. The summed E-state index contributed by atoms with van der Waals surface area (Å²) in [5.41, 5.74) is 6.62. The summed E-state index contributed by atoms with van der Waals surface area (Å²) in [7, 11) is 0. The van der Waals surface area contributed by atoms with E-state index in [2.05, 4.69) is 5.16 Å². The molecule has 0 radical (unpaired) electrons. The quantitative estimate of drug-likeness (QED) is 0.874. The van der Waals surface area contributed by atoms with Crippen LogP contribution in [0.5, 0.6) is 5.75 Å². The summed E-state index contributed by atoms with van der Waals surface area (Å²) >= 11 is 0. The minimum Gasteiger partial charge on any atom is -0.480 e. The number of hydrogen-bond donors (Lipinski definition) is 1. The molecule has 0 saturated heterocycles. The monoisotopic (exact) mass is 248 g/mol. The van der Waals surface area contributed by atoms with Crippen LogP contribution in [0.15, 0.2) is 4.52 Å². The number of nitrogens with two attached hydrogens (primary N) is 1. The lowest BCUT2D eigenvalue weighted by Crippen LogP contribution is -2.53. The Morgan fingerprint density at radius 3 is 2.17 bits per heavy atom. The molecule has 98 valence electrons. The lowest BCUT2D eigenvalue weighted by Gasteiger charge is -2.56.